The highest BCUT2D eigenvalue weighted by Crippen LogP contribution is 2.24. The molecule has 0 unspecified atom stereocenters. The molecule has 0 aliphatic rings. The quantitative estimate of drug-likeness (QED) is 0.601. The van der Waals surface area contributed by atoms with Crippen LogP contribution in [0.2, 0.25) is 0 Å². The number of hydrogen-bond acceptors (Lipinski definition) is 6. The largest absolute Gasteiger partial charge is 0.491 e. The van der Waals surface area contributed by atoms with E-state index in [4.69, 9.17) is 14.6 Å². The van der Waals surface area contributed by atoms with Crippen LogP contribution < -0.4 is 14.6 Å². The van der Waals surface area contributed by atoms with Gasteiger partial charge in [0.2, 0.25) is 10.0 Å². The molecular formula is C17H22N2O6S2. The fourth-order valence-corrected chi connectivity index (χ4v) is 4.10. The molecule has 0 saturated carbocycles. The van der Waals surface area contributed by atoms with E-state index in [0.717, 1.165) is 0 Å². The predicted octanol–water partition coefficient (Wildman–Crippen LogP) is 1.61. The Morgan fingerprint density at radius 2 is 1.67 bits per heavy atom. The van der Waals surface area contributed by atoms with Gasteiger partial charge in [-0.3, -0.25) is 4.72 Å². The molecule has 2 rings (SSSR count). The molecule has 0 aliphatic heterocycles. The van der Waals surface area contributed by atoms with Gasteiger partial charge in [0.15, 0.2) is 0 Å². The molecule has 2 aromatic rings. The first-order chi connectivity index (χ1) is 12.6. The van der Waals surface area contributed by atoms with Crippen molar-refractivity contribution in [1.82, 2.24) is 0 Å². The van der Waals surface area contributed by atoms with Crippen molar-refractivity contribution in [3.05, 3.63) is 53.6 Å². The Morgan fingerprint density at radius 3 is 2.22 bits per heavy atom. The van der Waals surface area contributed by atoms with Crippen LogP contribution in [0.25, 0.3) is 0 Å². The molecule has 0 atom stereocenters. The molecule has 0 radical (unpaired) electrons. The van der Waals surface area contributed by atoms with E-state index >= 15 is 0 Å². The van der Waals surface area contributed by atoms with Gasteiger partial charge >= 0.3 is 0 Å². The van der Waals surface area contributed by atoms with Crippen LogP contribution in [-0.2, 0) is 30.5 Å². The zero-order valence-electron chi connectivity index (χ0n) is 15.0. The van der Waals surface area contributed by atoms with Crippen molar-refractivity contribution in [2.45, 2.75) is 17.6 Å². The summed E-state index contributed by atoms with van der Waals surface area (Å²) in [7, 11) is -5.87. The summed E-state index contributed by atoms with van der Waals surface area (Å²) in [5, 5.41) is 4.99. The van der Waals surface area contributed by atoms with Crippen LogP contribution in [0.5, 0.6) is 5.75 Å². The molecule has 0 bridgehead atoms. The average Bonchev–Trinajstić information content (AvgIpc) is 2.56. The van der Waals surface area contributed by atoms with Crippen molar-refractivity contribution in [3.63, 3.8) is 0 Å². The maximum Gasteiger partial charge on any atom is 0.261 e. The highest BCUT2D eigenvalue weighted by atomic mass is 32.2. The van der Waals surface area contributed by atoms with Gasteiger partial charge < -0.3 is 9.47 Å². The molecule has 3 N–H and O–H groups in total. The molecule has 10 heteroatoms. The minimum absolute atomic E-state index is 0.0905. The standard InChI is InChI=1S/C17H22N2O6S2/c1-13-11-16(7-8-17(13)25-10-9-24-2)27(22,23)19-15-5-3-14(4-6-15)12-26(18,20)21/h3-8,11,19H,9-10,12H2,1-2H3,(H2,18,20,21). The summed E-state index contributed by atoms with van der Waals surface area (Å²) in [6.45, 7) is 2.55. The SMILES string of the molecule is COCCOc1ccc(S(=O)(=O)Nc2ccc(CS(N)(=O)=O)cc2)cc1C. The van der Waals surface area contributed by atoms with Crippen LogP contribution in [0.1, 0.15) is 11.1 Å². The number of methoxy groups -OCH3 is 1. The predicted molar refractivity (Wildman–Crippen MR) is 103 cm³/mol. The average molecular weight is 415 g/mol. The third kappa shape index (κ3) is 6.51. The van der Waals surface area contributed by atoms with Gasteiger partial charge in [-0.25, -0.2) is 22.0 Å². The van der Waals surface area contributed by atoms with E-state index in [1.54, 1.807) is 20.1 Å². The van der Waals surface area contributed by atoms with Crippen LogP contribution >= 0.6 is 0 Å². The highest BCUT2D eigenvalue weighted by molar-refractivity contribution is 7.92. The molecule has 0 saturated heterocycles. The third-order valence-corrected chi connectivity index (χ3v) is 5.69. The van der Waals surface area contributed by atoms with Crippen molar-refractivity contribution in [3.8, 4) is 5.75 Å². The molecule has 0 amide bonds. The van der Waals surface area contributed by atoms with E-state index < -0.39 is 20.0 Å². The van der Waals surface area contributed by atoms with Gasteiger partial charge in [-0.1, -0.05) is 12.1 Å². The van der Waals surface area contributed by atoms with E-state index in [0.29, 0.717) is 35.8 Å². The number of benzene rings is 2. The van der Waals surface area contributed by atoms with E-state index in [9.17, 15) is 16.8 Å². The van der Waals surface area contributed by atoms with Gasteiger partial charge in [-0.2, -0.15) is 0 Å². The summed E-state index contributed by atoms with van der Waals surface area (Å²) < 4.78 is 60.2. The number of primary sulfonamides is 1. The number of anilines is 1. The maximum absolute atomic E-state index is 12.6. The van der Waals surface area contributed by atoms with Gasteiger partial charge in [0.25, 0.3) is 10.0 Å². The Labute approximate surface area is 159 Å². The smallest absolute Gasteiger partial charge is 0.261 e. The molecule has 0 heterocycles. The van der Waals surface area contributed by atoms with E-state index in [1.165, 1.54) is 36.4 Å². The summed E-state index contributed by atoms with van der Waals surface area (Å²) in [4.78, 5) is 0.0905. The lowest BCUT2D eigenvalue weighted by molar-refractivity contribution is 0.146. The molecule has 0 spiro atoms. The molecule has 0 aromatic heterocycles. The number of hydrogen-bond donors (Lipinski definition) is 2. The van der Waals surface area contributed by atoms with Crippen LogP contribution in [0, 0.1) is 6.92 Å². The molecule has 27 heavy (non-hydrogen) atoms. The molecular weight excluding hydrogens is 392 g/mol. The van der Waals surface area contributed by atoms with E-state index in [-0.39, 0.29) is 10.6 Å². The Balaban J connectivity index is 2.13. The zero-order valence-corrected chi connectivity index (χ0v) is 16.6. The number of rotatable bonds is 9. The van der Waals surface area contributed by atoms with Gasteiger partial charge in [-0.15, -0.1) is 0 Å². The first-order valence-electron chi connectivity index (χ1n) is 7.95. The fraction of sp³-hybridized carbons (Fsp3) is 0.294. The first-order valence-corrected chi connectivity index (χ1v) is 11.2. The Bertz CT molecular complexity index is 987. The fourth-order valence-electron chi connectivity index (χ4n) is 2.30. The maximum atomic E-state index is 12.6. The normalized spacial score (nSPS) is 12.0. The van der Waals surface area contributed by atoms with Gasteiger partial charge in [0.1, 0.15) is 12.4 Å². The van der Waals surface area contributed by atoms with Crippen LogP contribution in [0.3, 0.4) is 0 Å². The first kappa shape index (κ1) is 21.2. The Hall–Kier alpha value is -2.14. The lowest BCUT2D eigenvalue weighted by Gasteiger charge is -2.12. The monoisotopic (exact) mass is 414 g/mol. The minimum atomic E-state index is -3.80. The summed E-state index contributed by atoms with van der Waals surface area (Å²) in [6, 6.07) is 10.5. The molecule has 148 valence electrons. The summed E-state index contributed by atoms with van der Waals surface area (Å²) in [6.07, 6.45) is 0. The number of aryl methyl sites for hydroxylation is 1. The van der Waals surface area contributed by atoms with E-state index in [2.05, 4.69) is 4.72 Å². The highest BCUT2D eigenvalue weighted by Gasteiger charge is 2.16. The van der Waals surface area contributed by atoms with Crippen LogP contribution in [0.4, 0.5) is 5.69 Å². The molecule has 2 aromatic carbocycles. The van der Waals surface area contributed by atoms with Crippen molar-refractivity contribution in [1.29, 1.82) is 0 Å². The van der Waals surface area contributed by atoms with Crippen molar-refractivity contribution >= 4 is 25.7 Å². The number of ether oxygens (including phenoxy) is 2. The Kier molecular flexibility index (Phi) is 6.82. The van der Waals surface area contributed by atoms with Crippen molar-refractivity contribution < 1.29 is 26.3 Å². The molecule has 0 aliphatic carbocycles. The van der Waals surface area contributed by atoms with Crippen LogP contribution in [0.15, 0.2) is 47.4 Å². The van der Waals surface area contributed by atoms with Crippen molar-refractivity contribution in [2.75, 3.05) is 25.0 Å². The molecule has 0 fully saturated rings. The second kappa shape index (κ2) is 8.70. The van der Waals surface area contributed by atoms with Crippen LogP contribution in [-0.4, -0.2) is 37.2 Å². The van der Waals surface area contributed by atoms with Gasteiger partial charge in [-0.05, 0) is 48.4 Å². The second-order valence-corrected chi connectivity index (χ2v) is 9.17. The minimum Gasteiger partial charge on any atom is -0.491 e. The Morgan fingerprint density at radius 1 is 1.00 bits per heavy atom. The van der Waals surface area contributed by atoms with E-state index in [1.807, 2.05) is 0 Å². The van der Waals surface area contributed by atoms with Gasteiger partial charge in [0, 0.05) is 12.8 Å². The number of sulfonamides is 2. The zero-order chi connectivity index (χ0) is 20.1. The lowest BCUT2D eigenvalue weighted by Crippen LogP contribution is -2.15. The summed E-state index contributed by atoms with van der Waals surface area (Å²) >= 11 is 0. The van der Waals surface area contributed by atoms with Gasteiger partial charge in [0.05, 0.1) is 17.3 Å². The lowest BCUT2D eigenvalue weighted by atomic mass is 10.2. The topological polar surface area (TPSA) is 125 Å². The number of nitrogens with one attached hydrogen (secondary N) is 1. The van der Waals surface area contributed by atoms with Crippen molar-refractivity contribution in [2.24, 2.45) is 5.14 Å². The number of nitrogens with two attached hydrogens (primary N) is 1. The third-order valence-electron chi connectivity index (χ3n) is 3.58. The summed E-state index contributed by atoms with van der Waals surface area (Å²) in [5.41, 5.74) is 1.46. The molecule has 8 nitrogen and oxygen atoms in total. The summed E-state index contributed by atoms with van der Waals surface area (Å²) in [5.74, 6) is 0.266. The second-order valence-electron chi connectivity index (χ2n) is 5.88.